The zero-order valence-corrected chi connectivity index (χ0v) is 21.7. The van der Waals surface area contributed by atoms with Crippen LogP contribution in [0, 0.1) is 0 Å². The number of hydrogen-bond donors (Lipinski definition) is 0. The molecule has 0 radical (unpaired) electrons. The molecule has 5 aromatic rings. The van der Waals surface area contributed by atoms with Crippen molar-refractivity contribution in [2.24, 2.45) is 0 Å². The largest absolute Gasteiger partial charge is 0.231 e. The molecule has 0 saturated heterocycles. The van der Waals surface area contributed by atoms with Gasteiger partial charge in [0.05, 0.1) is 12.4 Å². The fourth-order valence-corrected chi connectivity index (χ4v) is 5.80. The molecule has 0 saturated carbocycles. The zero-order valence-electron chi connectivity index (χ0n) is 20.9. The highest BCUT2D eigenvalue weighted by atomic mass is 32.2. The van der Waals surface area contributed by atoms with E-state index in [1.807, 2.05) is 42.8 Å². The summed E-state index contributed by atoms with van der Waals surface area (Å²) < 4.78 is 0. The second-order valence-electron chi connectivity index (χ2n) is 9.39. The maximum absolute atomic E-state index is 4.70. The molecular formula is C32H28N4S. The van der Waals surface area contributed by atoms with Gasteiger partial charge in [-0.1, -0.05) is 84.1 Å². The van der Waals surface area contributed by atoms with E-state index in [0.29, 0.717) is 0 Å². The quantitative estimate of drug-likeness (QED) is 0.188. The SMILES string of the molecule is CSc1nccc(Cc2cccc3ccc4c(c23)CCC2=C4C=CCC2)n1.c1ccc2cnncc2c1. The van der Waals surface area contributed by atoms with Crippen LogP contribution in [-0.4, -0.2) is 26.4 Å². The molecule has 0 spiro atoms. The van der Waals surface area contributed by atoms with Crippen molar-refractivity contribution in [3.05, 3.63) is 119 Å². The van der Waals surface area contributed by atoms with E-state index in [1.54, 1.807) is 29.7 Å². The number of benzene rings is 3. The van der Waals surface area contributed by atoms with E-state index in [-0.39, 0.29) is 0 Å². The van der Waals surface area contributed by atoms with Crippen LogP contribution in [0.3, 0.4) is 0 Å². The Balaban J connectivity index is 0.000000210. The topological polar surface area (TPSA) is 51.6 Å². The van der Waals surface area contributed by atoms with Gasteiger partial charge in [-0.05, 0) is 71.0 Å². The first-order valence-corrected chi connectivity index (χ1v) is 14.0. The number of aromatic nitrogens is 4. The molecule has 0 aliphatic heterocycles. The average molecular weight is 501 g/mol. The van der Waals surface area contributed by atoms with Gasteiger partial charge in [-0.25, -0.2) is 9.97 Å². The molecule has 0 fully saturated rings. The van der Waals surface area contributed by atoms with Crippen molar-refractivity contribution < 1.29 is 0 Å². The summed E-state index contributed by atoms with van der Waals surface area (Å²) in [6.45, 7) is 0. The highest BCUT2D eigenvalue weighted by Gasteiger charge is 2.21. The van der Waals surface area contributed by atoms with Crippen molar-refractivity contribution in [2.75, 3.05) is 6.26 Å². The summed E-state index contributed by atoms with van der Waals surface area (Å²) in [4.78, 5) is 9.02. The lowest BCUT2D eigenvalue weighted by Crippen LogP contribution is -2.08. The molecule has 182 valence electrons. The Labute approximate surface area is 221 Å². The molecule has 0 unspecified atom stereocenters. The van der Waals surface area contributed by atoms with Gasteiger partial charge < -0.3 is 0 Å². The summed E-state index contributed by atoms with van der Waals surface area (Å²) in [5, 5.41) is 13.4. The normalized spacial score (nSPS) is 14.2. The molecule has 7 rings (SSSR count). The molecule has 2 heterocycles. The number of nitrogens with zero attached hydrogens (tertiary/aromatic N) is 4. The highest BCUT2D eigenvalue weighted by Crippen LogP contribution is 2.41. The minimum absolute atomic E-state index is 0.844. The molecule has 0 bridgehead atoms. The van der Waals surface area contributed by atoms with Crippen molar-refractivity contribution in [2.45, 2.75) is 37.3 Å². The molecule has 2 aliphatic rings. The number of thioether (sulfide) groups is 1. The number of aryl methyl sites for hydroxylation is 1. The van der Waals surface area contributed by atoms with Gasteiger partial charge in [-0.3, -0.25) is 0 Å². The number of rotatable bonds is 3. The van der Waals surface area contributed by atoms with Crippen molar-refractivity contribution in [3.8, 4) is 0 Å². The van der Waals surface area contributed by atoms with Crippen molar-refractivity contribution in [1.29, 1.82) is 0 Å². The van der Waals surface area contributed by atoms with Crippen LogP contribution in [0.1, 0.15) is 41.6 Å². The zero-order chi connectivity index (χ0) is 25.0. The van der Waals surface area contributed by atoms with Crippen LogP contribution in [0.4, 0.5) is 0 Å². The molecular weight excluding hydrogens is 472 g/mol. The van der Waals surface area contributed by atoms with Crippen molar-refractivity contribution in [1.82, 2.24) is 20.2 Å². The lowest BCUT2D eigenvalue weighted by molar-refractivity contribution is 0.830. The van der Waals surface area contributed by atoms with Crippen LogP contribution < -0.4 is 0 Å². The summed E-state index contributed by atoms with van der Waals surface area (Å²) in [6.07, 6.45) is 17.7. The Morgan fingerprint density at radius 1 is 0.811 bits per heavy atom. The Kier molecular flexibility index (Phi) is 6.78. The first kappa shape index (κ1) is 23.6. The maximum atomic E-state index is 4.70. The predicted molar refractivity (Wildman–Crippen MR) is 154 cm³/mol. The maximum Gasteiger partial charge on any atom is 0.187 e. The van der Waals surface area contributed by atoms with E-state index in [1.165, 1.54) is 52.3 Å². The van der Waals surface area contributed by atoms with E-state index >= 15 is 0 Å². The van der Waals surface area contributed by atoms with Crippen LogP contribution in [0.15, 0.2) is 102 Å². The molecule has 4 nitrogen and oxygen atoms in total. The van der Waals surface area contributed by atoms with E-state index in [0.717, 1.165) is 34.5 Å². The van der Waals surface area contributed by atoms with Gasteiger partial charge in [0.15, 0.2) is 5.16 Å². The highest BCUT2D eigenvalue weighted by molar-refractivity contribution is 7.98. The van der Waals surface area contributed by atoms with Crippen LogP contribution in [0.5, 0.6) is 0 Å². The number of allylic oxidation sites excluding steroid dienone is 4. The predicted octanol–water partition coefficient (Wildman–Crippen LogP) is 7.62. The number of fused-ring (bicyclic) bond motifs is 5. The van der Waals surface area contributed by atoms with E-state index in [9.17, 15) is 0 Å². The third-order valence-corrected chi connectivity index (χ3v) is 7.75. The standard InChI is InChI=1S/C24H22N2S.C8H6N2/c1-27-24-25-14-13-19(26-24)15-18-7-4-6-17-10-11-21-20-8-3-2-5-16(20)9-12-22(21)23(17)18;1-2-4-8-6-10-9-5-7(8)3-1/h3-4,6-8,10-11,13-14H,2,5,9,12,15H2,1H3;1-6H. The van der Waals surface area contributed by atoms with Crippen LogP contribution in [0.2, 0.25) is 0 Å². The lowest BCUT2D eigenvalue weighted by atomic mass is 9.78. The third-order valence-electron chi connectivity index (χ3n) is 7.19. The molecule has 0 N–H and O–H groups in total. The summed E-state index contributed by atoms with van der Waals surface area (Å²) >= 11 is 1.60. The third kappa shape index (κ3) is 4.92. The molecule has 2 aliphatic carbocycles. The Bertz CT molecular complexity index is 1590. The van der Waals surface area contributed by atoms with Gasteiger partial charge in [0.2, 0.25) is 0 Å². The Morgan fingerprint density at radius 3 is 2.43 bits per heavy atom. The lowest BCUT2D eigenvalue weighted by Gasteiger charge is -2.26. The average Bonchev–Trinajstić information content (AvgIpc) is 2.97. The number of hydrogen-bond acceptors (Lipinski definition) is 5. The molecule has 2 aromatic heterocycles. The van der Waals surface area contributed by atoms with E-state index in [4.69, 9.17) is 4.98 Å². The van der Waals surface area contributed by atoms with Gasteiger partial charge in [0.1, 0.15) is 0 Å². The van der Waals surface area contributed by atoms with Crippen molar-refractivity contribution >= 4 is 38.9 Å². The fourth-order valence-electron chi connectivity index (χ4n) is 5.43. The molecule has 0 amide bonds. The minimum Gasteiger partial charge on any atom is -0.231 e. The second-order valence-corrected chi connectivity index (χ2v) is 10.2. The molecule has 3 aromatic carbocycles. The Hall–Kier alpha value is -3.83. The van der Waals surface area contributed by atoms with E-state index < -0.39 is 0 Å². The Morgan fingerprint density at radius 2 is 1.62 bits per heavy atom. The smallest absolute Gasteiger partial charge is 0.187 e. The van der Waals surface area contributed by atoms with Crippen LogP contribution in [-0.2, 0) is 12.8 Å². The van der Waals surface area contributed by atoms with Gasteiger partial charge in [-0.2, -0.15) is 10.2 Å². The molecule has 5 heteroatoms. The van der Waals surface area contributed by atoms with Crippen LogP contribution in [0.25, 0.3) is 27.1 Å². The van der Waals surface area contributed by atoms with Crippen molar-refractivity contribution in [3.63, 3.8) is 0 Å². The van der Waals surface area contributed by atoms with Gasteiger partial charge in [0, 0.05) is 29.1 Å². The first-order chi connectivity index (χ1) is 18.3. The summed E-state index contributed by atoms with van der Waals surface area (Å²) in [5.41, 5.74) is 8.55. The fraction of sp³-hybridized carbons (Fsp3) is 0.188. The monoisotopic (exact) mass is 500 g/mol. The van der Waals surface area contributed by atoms with Gasteiger partial charge in [-0.15, -0.1) is 0 Å². The minimum atomic E-state index is 0.844. The second kappa shape index (κ2) is 10.7. The summed E-state index contributed by atoms with van der Waals surface area (Å²) in [7, 11) is 0. The molecule has 37 heavy (non-hydrogen) atoms. The van der Waals surface area contributed by atoms with Gasteiger partial charge >= 0.3 is 0 Å². The van der Waals surface area contributed by atoms with Gasteiger partial charge in [0.25, 0.3) is 0 Å². The molecule has 0 atom stereocenters. The first-order valence-electron chi connectivity index (χ1n) is 12.7. The summed E-state index contributed by atoms with van der Waals surface area (Å²) in [5.74, 6) is 0. The van der Waals surface area contributed by atoms with E-state index in [2.05, 4.69) is 57.7 Å². The summed E-state index contributed by atoms with van der Waals surface area (Å²) in [6, 6.07) is 21.4. The van der Waals surface area contributed by atoms with Crippen LogP contribution >= 0.6 is 11.8 Å².